The maximum Gasteiger partial charge on any atom is 0.387 e. The molecule has 0 aromatic heterocycles. The zero-order chi connectivity index (χ0) is 17.7. The molecule has 1 aromatic carbocycles. The third-order valence-corrected chi connectivity index (χ3v) is 6.54. The second-order valence-electron chi connectivity index (χ2n) is 7.59. The van der Waals surface area contributed by atoms with E-state index in [2.05, 4.69) is 26.7 Å². The number of hydrogen-bond acceptors (Lipinski definition) is 1. The first-order valence-corrected chi connectivity index (χ1v) is 10.4. The second-order valence-corrected chi connectivity index (χ2v) is 8.12. The van der Waals surface area contributed by atoms with Crippen LogP contribution in [0.25, 0.3) is 0 Å². The van der Waals surface area contributed by atoms with E-state index in [4.69, 9.17) is 0 Å². The van der Waals surface area contributed by atoms with Crippen LogP contribution in [0.15, 0.2) is 35.3 Å². The number of ether oxygens (including phenoxy) is 1. The second kappa shape index (κ2) is 8.66. The number of allylic oxidation sites excluding steroid dienone is 1. The molecule has 2 aliphatic rings. The van der Waals surface area contributed by atoms with Crippen LogP contribution in [0.1, 0.15) is 63.4 Å². The van der Waals surface area contributed by atoms with Gasteiger partial charge in [0.1, 0.15) is 5.75 Å². The molecule has 0 aliphatic heterocycles. The molecule has 0 spiro atoms. The van der Waals surface area contributed by atoms with Crippen molar-refractivity contribution in [2.24, 2.45) is 11.8 Å². The molecule has 0 radical (unpaired) electrons. The number of hydrogen-bond donors (Lipinski definition) is 0. The maximum atomic E-state index is 12.4. The minimum absolute atomic E-state index is 0.0119. The van der Waals surface area contributed by atoms with Gasteiger partial charge in [0.25, 0.3) is 0 Å². The van der Waals surface area contributed by atoms with Crippen molar-refractivity contribution in [3.05, 3.63) is 40.9 Å². The molecule has 0 heterocycles. The normalized spacial score (nSPS) is 28.6. The summed E-state index contributed by atoms with van der Waals surface area (Å²) in [6.45, 7) is -2.77. The minimum Gasteiger partial charge on any atom is -0.435 e. The van der Waals surface area contributed by atoms with Crippen molar-refractivity contribution < 1.29 is 13.5 Å². The molecule has 138 valence electrons. The zero-order valence-electron chi connectivity index (χ0n) is 14.6. The highest BCUT2D eigenvalue weighted by Crippen LogP contribution is 2.47. The highest BCUT2D eigenvalue weighted by Gasteiger charge is 2.37. The maximum absolute atomic E-state index is 12.4. The fourth-order valence-corrected chi connectivity index (χ4v) is 5.38. The van der Waals surface area contributed by atoms with Gasteiger partial charge in [-0.3, -0.25) is 0 Å². The van der Waals surface area contributed by atoms with Crippen LogP contribution < -0.4 is 4.74 Å². The van der Waals surface area contributed by atoms with Crippen molar-refractivity contribution in [1.82, 2.24) is 0 Å². The van der Waals surface area contributed by atoms with Gasteiger partial charge in [0, 0.05) is 5.41 Å². The number of halogens is 3. The third-order valence-electron chi connectivity index (χ3n) is 6.28. The van der Waals surface area contributed by atoms with Gasteiger partial charge in [-0.25, -0.2) is 0 Å². The Labute approximate surface area is 158 Å². The molecule has 0 bridgehead atoms. The average molecular weight is 413 g/mol. The van der Waals surface area contributed by atoms with E-state index in [0.29, 0.717) is 0 Å². The van der Waals surface area contributed by atoms with E-state index in [0.717, 1.165) is 24.7 Å². The van der Waals surface area contributed by atoms with E-state index >= 15 is 0 Å². The van der Waals surface area contributed by atoms with Crippen molar-refractivity contribution in [3.63, 3.8) is 0 Å². The number of alkyl halides is 2. The molecular weight excluding hydrogens is 386 g/mol. The van der Waals surface area contributed by atoms with Gasteiger partial charge in [0.05, 0.1) is 0 Å². The van der Waals surface area contributed by atoms with Gasteiger partial charge in [-0.15, -0.1) is 0 Å². The largest absolute Gasteiger partial charge is 0.435 e. The van der Waals surface area contributed by atoms with Crippen molar-refractivity contribution in [3.8, 4) is 5.75 Å². The Kier molecular flexibility index (Phi) is 6.54. The first kappa shape index (κ1) is 18.9. The van der Waals surface area contributed by atoms with Gasteiger partial charge in [0.15, 0.2) is 0 Å². The molecule has 0 unspecified atom stereocenters. The molecule has 3 rings (SSSR count). The molecule has 25 heavy (non-hydrogen) atoms. The fraction of sp³-hybridized carbons (Fsp3) is 0.619. The average Bonchev–Trinajstić information content (AvgIpc) is 2.63. The molecule has 0 N–H and O–H groups in total. The highest BCUT2D eigenvalue weighted by molar-refractivity contribution is 9.11. The molecule has 2 aliphatic carbocycles. The Morgan fingerprint density at radius 1 is 0.960 bits per heavy atom. The van der Waals surface area contributed by atoms with Crippen molar-refractivity contribution in [1.29, 1.82) is 0 Å². The summed E-state index contributed by atoms with van der Waals surface area (Å²) in [5.74, 6) is 2.01. The van der Waals surface area contributed by atoms with E-state index in [1.165, 1.54) is 50.5 Å². The summed E-state index contributed by atoms with van der Waals surface area (Å²) in [4.78, 5) is 1.96. The lowest BCUT2D eigenvalue weighted by atomic mass is 9.63. The minimum atomic E-state index is -2.77. The van der Waals surface area contributed by atoms with Crippen molar-refractivity contribution >= 4 is 15.9 Å². The van der Waals surface area contributed by atoms with E-state index < -0.39 is 6.61 Å². The highest BCUT2D eigenvalue weighted by atomic mass is 79.9. The van der Waals surface area contributed by atoms with Crippen LogP contribution in [0.3, 0.4) is 0 Å². The van der Waals surface area contributed by atoms with E-state index in [9.17, 15) is 8.78 Å². The van der Waals surface area contributed by atoms with Gasteiger partial charge in [-0.05, 0) is 60.2 Å². The number of rotatable bonds is 5. The zero-order valence-corrected chi connectivity index (χ0v) is 16.2. The Hall–Kier alpha value is -0.900. The van der Waals surface area contributed by atoms with Crippen molar-refractivity contribution in [2.75, 3.05) is 0 Å². The van der Waals surface area contributed by atoms with Crippen LogP contribution in [0.2, 0.25) is 0 Å². The topological polar surface area (TPSA) is 9.23 Å². The molecule has 1 aromatic rings. The van der Waals surface area contributed by atoms with Gasteiger partial charge in [0.2, 0.25) is 0 Å². The molecule has 2 fully saturated rings. The smallest absolute Gasteiger partial charge is 0.387 e. The van der Waals surface area contributed by atoms with Gasteiger partial charge in [-0.2, -0.15) is 8.78 Å². The molecular formula is C21H27BrF2O. The molecule has 0 saturated heterocycles. The quantitative estimate of drug-likeness (QED) is 0.496. The van der Waals surface area contributed by atoms with Crippen LogP contribution in [0, 0.1) is 11.8 Å². The van der Waals surface area contributed by atoms with Crippen molar-refractivity contribution in [2.45, 2.75) is 69.8 Å². The standard InChI is InChI=1S/C21H27BrF2O/c22-15-14-21(18-6-8-19(9-7-18)25-20(23)24)12-10-17(11-13-21)16-4-2-1-3-5-16/h6-9,14-17,20H,1-5,10-13H2/b15-14+. The first-order valence-electron chi connectivity index (χ1n) is 9.46. The van der Waals surface area contributed by atoms with Gasteiger partial charge < -0.3 is 4.74 Å². The van der Waals surface area contributed by atoms with Crippen LogP contribution in [0.5, 0.6) is 5.75 Å². The van der Waals surface area contributed by atoms with Gasteiger partial charge >= 0.3 is 6.61 Å². The fourth-order valence-electron chi connectivity index (χ4n) is 4.87. The van der Waals surface area contributed by atoms with Crippen LogP contribution in [0.4, 0.5) is 8.78 Å². The lowest BCUT2D eigenvalue weighted by Crippen LogP contribution is -2.33. The molecule has 4 heteroatoms. The summed E-state index contributed by atoms with van der Waals surface area (Å²) in [6, 6.07) is 7.23. The molecule has 0 atom stereocenters. The summed E-state index contributed by atoms with van der Waals surface area (Å²) < 4.78 is 29.2. The Bertz CT molecular complexity index is 556. The van der Waals surface area contributed by atoms with Gasteiger partial charge in [-0.1, -0.05) is 66.2 Å². The van der Waals surface area contributed by atoms with E-state index in [-0.39, 0.29) is 11.2 Å². The predicted octanol–water partition coefficient (Wildman–Crippen LogP) is 7.20. The van der Waals surface area contributed by atoms with E-state index in [1.807, 2.05) is 17.1 Å². The molecule has 0 amide bonds. The molecule has 2 saturated carbocycles. The Balaban J connectivity index is 1.70. The van der Waals surface area contributed by atoms with Crippen LogP contribution in [-0.2, 0) is 5.41 Å². The predicted molar refractivity (Wildman–Crippen MR) is 101 cm³/mol. The Morgan fingerprint density at radius 2 is 1.56 bits per heavy atom. The summed E-state index contributed by atoms with van der Waals surface area (Å²) >= 11 is 3.45. The SMILES string of the molecule is FC(F)Oc1ccc(C2(/C=C/Br)CCC(C3CCCCC3)CC2)cc1. The van der Waals surface area contributed by atoms with Crippen LogP contribution in [-0.4, -0.2) is 6.61 Å². The summed E-state index contributed by atoms with van der Waals surface area (Å²) in [5, 5.41) is 0. The summed E-state index contributed by atoms with van der Waals surface area (Å²) in [5.41, 5.74) is 1.21. The lowest BCUT2D eigenvalue weighted by molar-refractivity contribution is -0.0498. The first-order chi connectivity index (χ1) is 12.1. The summed E-state index contributed by atoms with van der Waals surface area (Å²) in [7, 11) is 0. The lowest BCUT2D eigenvalue weighted by Gasteiger charge is -2.42. The number of benzene rings is 1. The summed E-state index contributed by atoms with van der Waals surface area (Å²) in [6.07, 6.45) is 14.1. The van der Waals surface area contributed by atoms with Crippen LogP contribution >= 0.6 is 15.9 Å². The Morgan fingerprint density at radius 3 is 2.12 bits per heavy atom. The third kappa shape index (κ3) is 4.64. The molecule has 1 nitrogen and oxygen atoms in total. The monoisotopic (exact) mass is 412 g/mol. The van der Waals surface area contributed by atoms with E-state index in [1.54, 1.807) is 12.1 Å².